The highest BCUT2D eigenvalue weighted by Crippen LogP contribution is 2.53. The van der Waals surface area contributed by atoms with E-state index < -0.39 is 17.4 Å². The first-order valence-electron chi connectivity index (χ1n) is 10.4. The number of nitrogens with zero attached hydrogens (tertiary/aromatic N) is 3. The number of imidazole rings is 1. The number of benzene rings is 1. The molecule has 2 fully saturated rings. The van der Waals surface area contributed by atoms with Crippen LogP contribution in [0.4, 0.5) is 5.69 Å². The van der Waals surface area contributed by atoms with E-state index in [1.807, 2.05) is 24.3 Å². The Morgan fingerprint density at radius 2 is 2.13 bits per heavy atom. The van der Waals surface area contributed by atoms with Gasteiger partial charge in [0.15, 0.2) is 0 Å². The second-order valence-corrected chi connectivity index (χ2v) is 8.80. The summed E-state index contributed by atoms with van der Waals surface area (Å²) in [5.74, 6) is 0.0118. The number of aromatic amines is 1. The maximum atomic E-state index is 13.5. The number of nitrogens with one attached hydrogen (secondary N) is 1. The molecule has 30 heavy (non-hydrogen) atoms. The van der Waals surface area contributed by atoms with Gasteiger partial charge in [0, 0.05) is 25.1 Å². The molecule has 5 rings (SSSR count). The van der Waals surface area contributed by atoms with Crippen molar-refractivity contribution >= 4 is 17.5 Å². The summed E-state index contributed by atoms with van der Waals surface area (Å²) in [5, 5.41) is 0. The van der Waals surface area contributed by atoms with E-state index in [0.717, 1.165) is 5.69 Å². The minimum atomic E-state index is -0.718. The number of hydrogen-bond acceptors (Lipinski definition) is 4. The predicted octanol–water partition coefficient (Wildman–Crippen LogP) is 2.48. The van der Waals surface area contributed by atoms with Crippen molar-refractivity contribution in [1.82, 2.24) is 14.9 Å². The maximum Gasteiger partial charge on any atom is 0.234 e. The number of aromatic nitrogens is 2. The van der Waals surface area contributed by atoms with E-state index in [4.69, 9.17) is 4.74 Å². The lowest BCUT2D eigenvalue weighted by Gasteiger charge is -2.27. The second-order valence-electron chi connectivity index (χ2n) is 8.80. The monoisotopic (exact) mass is 406 g/mol. The van der Waals surface area contributed by atoms with Gasteiger partial charge in [-0.1, -0.05) is 38.1 Å². The summed E-state index contributed by atoms with van der Waals surface area (Å²) in [6.07, 6.45) is 6.97. The summed E-state index contributed by atoms with van der Waals surface area (Å²) in [5.41, 5.74) is 1.36. The van der Waals surface area contributed by atoms with E-state index in [1.54, 1.807) is 29.2 Å². The van der Waals surface area contributed by atoms with Gasteiger partial charge in [-0.2, -0.15) is 0 Å². The number of hydrogen-bond donors (Lipinski definition) is 1. The molecule has 1 aromatic heterocycles. The van der Waals surface area contributed by atoms with Gasteiger partial charge < -0.3 is 19.5 Å². The third-order valence-electron chi connectivity index (χ3n) is 6.57. The highest BCUT2D eigenvalue weighted by Gasteiger charge is 2.67. The van der Waals surface area contributed by atoms with E-state index in [2.05, 4.69) is 35.9 Å². The molecule has 1 aromatic carbocycles. The summed E-state index contributed by atoms with van der Waals surface area (Å²) in [4.78, 5) is 37.4. The molecule has 2 bridgehead atoms. The predicted molar refractivity (Wildman–Crippen MR) is 112 cm³/mol. The van der Waals surface area contributed by atoms with Gasteiger partial charge in [0.05, 0.1) is 31.0 Å². The fourth-order valence-corrected chi connectivity index (χ4v) is 4.98. The fraction of sp³-hybridized carbons (Fsp3) is 0.435. The number of rotatable bonds is 5. The number of fused-ring (bicyclic) bond motifs is 1. The molecule has 0 radical (unpaired) electrons. The van der Waals surface area contributed by atoms with Crippen molar-refractivity contribution in [2.24, 2.45) is 11.8 Å². The van der Waals surface area contributed by atoms with Gasteiger partial charge in [-0.15, -0.1) is 0 Å². The minimum Gasteiger partial charge on any atom is -0.360 e. The Balaban J connectivity index is 1.40. The van der Waals surface area contributed by atoms with Gasteiger partial charge >= 0.3 is 0 Å². The molecule has 2 amide bonds. The van der Waals surface area contributed by atoms with Crippen molar-refractivity contribution in [1.29, 1.82) is 0 Å². The molecule has 3 aliphatic heterocycles. The Morgan fingerprint density at radius 3 is 2.80 bits per heavy atom. The number of anilines is 1. The second kappa shape index (κ2) is 6.80. The highest BCUT2D eigenvalue weighted by molar-refractivity contribution is 6.03. The van der Waals surface area contributed by atoms with E-state index in [-0.39, 0.29) is 17.9 Å². The van der Waals surface area contributed by atoms with Gasteiger partial charge in [0.25, 0.3) is 0 Å². The summed E-state index contributed by atoms with van der Waals surface area (Å²) in [7, 11) is 1.75. The smallest absolute Gasteiger partial charge is 0.234 e. The fourth-order valence-electron chi connectivity index (χ4n) is 4.98. The average molecular weight is 406 g/mol. The molecule has 156 valence electrons. The first-order valence-corrected chi connectivity index (χ1v) is 10.4. The van der Waals surface area contributed by atoms with Crippen LogP contribution in [0.1, 0.15) is 31.2 Å². The largest absolute Gasteiger partial charge is 0.360 e. The SMILES string of the molecule is CC(C)c1ccc(N2C[C@]34C=C[C@H](O3)[C@H](C(=O)N(C)Cc3ncc[nH]3)[C@H]4C2=O)cc1. The van der Waals surface area contributed by atoms with Crippen LogP contribution in [0.5, 0.6) is 0 Å². The first-order chi connectivity index (χ1) is 14.4. The van der Waals surface area contributed by atoms with Crippen LogP contribution in [0.3, 0.4) is 0 Å². The average Bonchev–Trinajstić information content (AvgIpc) is 3.50. The Labute approximate surface area is 175 Å². The molecular formula is C23H26N4O3. The molecule has 1 spiro atoms. The molecule has 0 aliphatic carbocycles. The standard InChI is InChI=1S/C23H26N4O3/c1-14(2)15-4-6-16(7-5-15)27-13-23-9-8-17(30-23)19(20(23)22(27)29)21(28)26(3)12-18-24-10-11-25-18/h4-11,14,17,19-20H,12-13H2,1-3H3,(H,24,25)/t17-,19-,20-,23-/m0/s1. The van der Waals surface area contributed by atoms with Gasteiger partial charge in [0.2, 0.25) is 11.8 Å². The van der Waals surface area contributed by atoms with Crippen molar-refractivity contribution in [3.8, 4) is 0 Å². The van der Waals surface area contributed by atoms with Crippen LogP contribution in [0.15, 0.2) is 48.8 Å². The zero-order chi connectivity index (χ0) is 21.0. The van der Waals surface area contributed by atoms with Crippen LogP contribution in [0.2, 0.25) is 0 Å². The lowest BCUT2D eigenvalue weighted by Crippen LogP contribution is -2.44. The molecular weight excluding hydrogens is 380 g/mol. The van der Waals surface area contributed by atoms with E-state index in [0.29, 0.717) is 24.8 Å². The van der Waals surface area contributed by atoms with Crippen LogP contribution in [-0.4, -0.2) is 52.0 Å². The number of H-pyrrole nitrogens is 1. The van der Waals surface area contributed by atoms with Gasteiger partial charge in [0.1, 0.15) is 11.4 Å². The molecule has 7 nitrogen and oxygen atoms in total. The Bertz CT molecular complexity index is 998. The molecule has 2 saturated heterocycles. The number of carbonyl (C=O) groups excluding carboxylic acids is 2. The Kier molecular flexibility index (Phi) is 4.32. The summed E-state index contributed by atoms with van der Waals surface area (Å²) in [6.45, 7) is 5.10. The van der Waals surface area contributed by atoms with Gasteiger partial charge in [-0.05, 0) is 23.6 Å². The number of ether oxygens (including phenoxy) is 1. The zero-order valence-corrected chi connectivity index (χ0v) is 17.4. The first kappa shape index (κ1) is 19.1. The maximum absolute atomic E-state index is 13.5. The van der Waals surface area contributed by atoms with E-state index >= 15 is 0 Å². The third kappa shape index (κ3) is 2.80. The number of carbonyl (C=O) groups is 2. The molecule has 1 N–H and O–H groups in total. The van der Waals surface area contributed by atoms with Crippen LogP contribution in [-0.2, 0) is 20.9 Å². The molecule has 4 atom stereocenters. The van der Waals surface area contributed by atoms with Gasteiger partial charge in [-0.25, -0.2) is 4.98 Å². The summed E-state index contributed by atoms with van der Waals surface area (Å²) in [6, 6.07) is 8.10. The molecule has 2 aromatic rings. The molecule has 4 heterocycles. The lowest BCUT2D eigenvalue weighted by atomic mass is 9.76. The van der Waals surface area contributed by atoms with Crippen molar-refractivity contribution in [3.63, 3.8) is 0 Å². The minimum absolute atomic E-state index is 0.0381. The van der Waals surface area contributed by atoms with Crippen molar-refractivity contribution in [2.75, 3.05) is 18.5 Å². The van der Waals surface area contributed by atoms with Crippen LogP contribution >= 0.6 is 0 Å². The topological polar surface area (TPSA) is 78.5 Å². The molecule has 0 unspecified atom stereocenters. The van der Waals surface area contributed by atoms with Crippen molar-refractivity contribution < 1.29 is 14.3 Å². The van der Waals surface area contributed by atoms with Crippen LogP contribution in [0, 0.1) is 11.8 Å². The van der Waals surface area contributed by atoms with E-state index in [9.17, 15) is 9.59 Å². The van der Waals surface area contributed by atoms with Gasteiger partial charge in [-0.3, -0.25) is 9.59 Å². The highest BCUT2D eigenvalue weighted by atomic mass is 16.5. The molecule has 0 saturated carbocycles. The Morgan fingerprint density at radius 1 is 1.37 bits per heavy atom. The van der Waals surface area contributed by atoms with Crippen molar-refractivity contribution in [3.05, 3.63) is 60.2 Å². The number of amides is 2. The van der Waals surface area contributed by atoms with Crippen LogP contribution in [0.25, 0.3) is 0 Å². The quantitative estimate of drug-likeness (QED) is 0.774. The Hall–Kier alpha value is -2.93. The summed E-state index contributed by atoms with van der Waals surface area (Å²) >= 11 is 0. The zero-order valence-electron chi connectivity index (χ0n) is 17.4. The normalized spacial score (nSPS) is 29.1. The molecule has 3 aliphatic rings. The van der Waals surface area contributed by atoms with Crippen molar-refractivity contribution in [2.45, 2.75) is 38.0 Å². The van der Waals surface area contributed by atoms with Crippen LogP contribution < -0.4 is 4.90 Å². The summed E-state index contributed by atoms with van der Waals surface area (Å²) < 4.78 is 6.24. The van der Waals surface area contributed by atoms with E-state index in [1.165, 1.54) is 5.56 Å². The molecule has 7 heteroatoms. The lowest BCUT2D eigenvalue weighted by molar-refractivity contribution is -0.139. The third-order valence-corrected chi connectivity index (χ3v) is 6.57.